The van der Waals surface area contributed by atoms with Gasteiger partial charge >= 0.3 is 12.1 Å². The second-order valence-electron chi connectivity index (χ2n) is 7.21. The number of carboxylic acid groups (broad SMARTS) is 1. The Morgan fingerprint density at radius 2 is 1.94 bits per heavy atom. The molecule has 0 spiro atoms. The van der Waals surface area contributed by atoms with Gasteiger partial charge in [0.2, 0.25) is 5.91 Å². The minimum absolute atomic E-state index is 0.123. The van der Waals surface area contributed by atoms with Crippen molar-refractivity contribution < 1.29 is 29.1 Å². The molecule has 2 aliphatic rings. The Labute approximate surface area is 178 Å². The molecular formula is C21H22N4O6. The van der Waals surface area contributed by atoms with Crippen LogP contribution in [0.25, 0.3) is 0 Å². The average Bonchev–Trinajstić information content (AvgIpc) is 3.03. The highest BCUT2D eigenvalue weighted by atomic mass is 16.7. The summed E-state index contributed by atoms with van der Waals surface area (Å²) in [6.07, 6.45) is -1.13. The summed E-state index contributed by atoms with van der Waals surface area (Å²) in [5.41, 5.74) is 7.86. The number of benzene rings is 2. The van der Waals surface area contributed by atoms with Crippen LogP contribution in [0.1, 0.15) is 28.8 Å². The van der Waals surface area contributed by atoms with Gasteiger partial charge in [-0.2, -0.15) is 5.06 Å². The van der Waals surface area contributed by atoms with Crippen LogP contribution >= 0.6 is 0 Å². The van der Waals surface area contributed by atoms with E-state index in [1.54, 1.807) is 18.2 Å². The van der Waals surface area contributed by atoms with Crippen molar-refractivity contribution in [2.45, 2.75) is 18.7 Å². The third kappa shape index (κ3) is 4.10. The van der Waals surface area contributed by atoms with Crippen LogP contribution in [0.15, 0.2) is 48.5 Å². The number of hydrogen-bond acceptors (Lipinski definition) is 5. The topological polar surface area (TPSA) is 134 Å². The van der Waals surface area contributed by atoms with Crippen molar-refractivity contribution in [3.63, 3.8) is 0 Å². The van der Waals surface area contributed by atoms with E-state index in [4.69, 9.17) is 20.4 Å². The lowest BCUT2D eigenvalue weighted by Crippen LogP contribution is -2.41. The van der Waals surface area contributed by atoms with E-state index in [9.17, 15) is 14.4 Å². The van der Waals surface area contributed by atoms with Crippen LogP contribution < -0.4 is 15.8 Å². The number of rotatable bonds is 8. The molecule has 4 rings (SSSR count). The molecule has 2 heterocycles. The van der Waals surface area contributed by atoms with Gasteiger partial charge in [-0.3, -0.25) is 9.63 Å². The molecule has 162 valence electrons. The second kappa shape index (κ2) is 8.52. The van der Waals surface area contributed by atoms with E-state index in [0.29, 0.717) is 16.9 Å². The molecule has 4 N–H and O–H groups in total. The number of nitrogens with zero attached hydrogens (tertiary/aromatic N) is 2. The number of primary amides is 1. The van der Waals surface area contributed by atoms with Gasteiger partial charge in [-0.25, -0.2) is 9.59 Å². The van der Waals surface area contributed by atoms with E-state index in [0.717, 1.165) is 5.56 Å². The Morgan fingerprint density at radius 1 is 1.16 bits per heavy atom. The number of nitrogens with one attached hydrogen (secondary N) is 1. The molecule has 0 aliphatic carbocycles. The minimum atomic E-state index is -1.13. The Morgan fingerprint density at radius 3 is 2.65 bits per heavy atom. The molecule has 10 nitrogen and oxygen atoms in total. The van der Waals surface area contributed by atoms with Gasteiger partial charge in [0.25, 0.3) is 0 Å². The lowest BCUT2D eigenvalue weighted by Gasteiger charge is -2.31. The molecule has 0 radical (unpaired) electrons. The average molecular weight is 426 g/mol. The molecule has 2 aromatic carbocycles. The zero-order chi connectivity index (χ0) is 22.0. The summed E-state index contributed by atoms with van der Waals surface area (Å²) in [7, 11) is 0. The fourth-order valence-corrected chi connectivity index (χ4v) is 3.88. The number of urea groups is 1. The number of hydrogen-bond donors (Lipinski definition) is 3. The van der Waals surface area contributed by atoms with E-state index in [1.807, 2.05) is 30.3 Å². The third-order valence-corrected chi connectivity index (χ3v) is 5.24. The van der Waals surface area contributed by atoms with E-state index >= 15 is 0 Å². The van der Waals surface area contributed by atoms with E-state index in [-0.39, 0.29) is 26.3 Å². The lowest BCUT2D eigenvalue weighted by atomic mass is 9.90. The van der Waals surface area contributed by atoms with Crippen LogP contribution in [0.2, 0.25) is 0 Å². The van der Waals surface area contributed by atoms with Crippen molar-refractivity contribution >= 4 is 18.0 Å². The van der Waals surface area contributed by atoms with Gasteiger partial charge in [-0.05, 0) is 28.8 Å². The molecule has 4 amide bonds. The maximum absolute atomic E-state index is 13.0. The summed E-state index contributed by atoms with van der Waals surface area (Å²) in [6, 6.07) is 12.8. The number of amides is 4. The molecule has 1 saturated heterocycles. The third-order valence-electron chi connectivity index (χ3n) is 5.24. The van der Waals surface area contributed by atoms with E-state index in [2.05, 4.69) is 5.32 Å². The number of nitrogens with two attached hydrogens (primary N) is 1. The quantitative estimate of drug-likeness (QED) is 0.551. The highest BCUT2D eigenvalue weighted by Gasteiger charge is 2.50. The molecule has 2 aromatic rings. The monoisotopic (exact) mass is 426 g/mol. The molecule has 2 bridgehead atoms. The molecule has 10 heteroatoms. The molecule has 1 fully saturated rings. The fraction of sp³-hybridized carbons (Fsp3) is 0.286. The van der Waals surface area contributed by atoms with Crippen LogP contribution in [-0.2, 0) is 16.2 Å². The summed E-state index contributed by atoms with van der Waals surface area (Å²) >= 11 is 0. The van der Waals surface area contributed by atoms with Crippen LogP contribution in [0.5, 0.6) is 5.75 Å². The van der Waals surface area contributed by atoms with Crippen LogP contribution in [0, 0.1) is 0 Å². The maximum atomic E-state index is 13.0. The normalized spacial score (nSPS) is 19.2. The number of carbonyl (C=O) groups is 3. The smallest absolute Gasteiger partial charge is 0.404 e. The Balaban J connectivity index is 1.57. The molecule has 2 unspecified atom stereocenters. The van der Waals surface area contributed by atoms with Crippen molar-refractivity contribution in [1.82, 2.24) is 15.3 Å². The summed E-state index contributed by atoms with van der Waals surface area (Å²) in [6.45, 7) is 0.718. The van der Waals surface area contributed by atoms with Gasteiger partial charge in [0.1, 0.15) is 31.0 Å². The summed E-state index contributed by atoms with van der Waals surface area (Å²) < 4.78 is 5.62. The van der Waals surface area contributed by atoms with E-state index in [1.165, 1.54) is 9.96 Å². The van der Waals surface area contributed by atoms with Crippen LogP contribution in [0.4, 0.5) is 9.59 Å². The summed E-state index contributed by atoms with van der Waals surface area (Å²) in [4.78, 5) is 43.0. The zero-order valence-corrected chi connectivity index (χ0v) is 16.6. The van der Waals surface area contributed by atoms with Gasteiger partial charge in [-0.15, -0.1) is 0 Å². The second-order valence-corrected chi connectivity index (χ2v) is 7.21. The van der Waals surface area contributed by atoms with E-state index < -0.39 is 30.1 Å². The fourth-order valence-electron chi connectivity index (χ4n) is 3.88. The molecule has 0 saturated carbocycles. The first kappa shape index (κ1) is 20.5. The first-order valence-electron chi connectivity index (χ1n) is 9.75. The molecular weight excluding hydrogens is 404 g/mol. The first-order valence-corrected chi connectivity index (χ1v) is 9.75. The number of ether oxygens (including phenoxy) is 1. The standard InChI is InChI=1S/C21H22N4O6/c22-19(26)18-15-7-6-14(30-9-8-23-20(27)28)10-16(15)17-11-24(18)21(29)25(17)31-12-13-4-2-1-3-5-13/h1-7,10,17-18,23H,8-9,11-12H2,(H2,22,26)(H,27,28). The Hall–Kier alpha value is -3.79. The molecule has 2 atom stereocenters. The summed E-state index contributed by atoms with van der Waals surface area (Å²) in [5, 5.41) is 12.1. The number of fused-ring (bicyclic) bond motifs is 4. The van der Waals surface area contributed by atoms with Crippen LogP contribution in [0.3, 0.4) is 0 Å². The Kier molecular flexibility index (Phi) is 5.63. The number of carbonyl (C=O) groups excluding carboxylic acids is 2. The lowest BCUT2D eigenvalue weighted by molar-refractivity contribution is -0.141. The zero-order valence-electron chi connectivity index (χ0n) is 16.6. The Bertz CT molecular complexity index is 999. The van der Waals surface area contributed by atoms with Gasteiger partial charge in [0.15, 0.2) is 0 Å². The van der Waals surface area contributed by atoms with Gasteiger partial charge in [0.05, 0.1) is 13.1 Å². The van der Waals surface area contributed by atoms with Crippen molar-refractivity contribution in [2.75, 3.05) is 19.7 Å². The predicted molar refractivity (Wildman–Crippen MR) is 108 cm³/mol. The predicted octanol–water partition coefficient (Wildman–Crippen LogP) is 1.78. The van der Waals surface area contributed by atoms with Gasteiger partial charge in [-0.1, -0.05) is 36.4 Å². The first-order chi connectivity index (χ1) is 15.0. The largest absolute Gasteiger partial charge is 0.492 e. The van der Waals surface area contributed by atoms with Gasteiger partial charge in [0, 0.05) is 0 Å². The highest BCUT2D eigenvalue weighted by molar-refractivity contribution is 5.90. The van der Waals surface area contributed by atoms with Crippen molar-refractivity contribution in [3.05, 3.63) is 65.2 Å². The summed E-state index contributed by atoms with van der Waals surface area (Å²) in [5.74, 6) is -0.137. The highest BCUT2D eigenvalue weighted by Crippen LogP contribution is 2.45. The minimum Gasteiger partial charge on any atom is -0.492 e. The molecule has 2 aliphatic heterocycles. The van der Waals surface area contributed by atoms with Crippen LogP contribution in [-0.4, -0.2) is 52.8 Å². The SMILES string of the molecule is NC(=O)C1c2ccc(OCCNC(=O)O)cc2C2CN1C(=O)N2OCc1ccccc1. The number of hydroxylamine groups is 2. The van der Waals surface area contributed by atoms with Crippen molar-refractivity contribution in [2.24, 2.45) is 5.73 Å². The van der Waals surface area contributed by atoms with Gasteiger partial charge < -0.3 is 25.8 Å². The maximum Gasteiger partial charge on any atom is 0.404 e. The van der Waals surface area contributed by atoms with Crippen molar-refractivity contribution in [1.29, 1.82) is 0 Å². The van der Waals surface area contributed by atoms with Crippen molar-refractivity contribution in [3.8, 4) is 5.75 Å². The molecule has 0 aromatic heterocycles. The molecule has 31 heavy (non-hydrogen) atoms.